The van der Waals surface area contributed by atoms with Crippen LogP contribution in [-0.2, 0) is 17.8 Å². The quantitative estimate of drug-likeness (QED) is 0.604. The van der Waals surface area contributed by atoms with Crippen molar-refractivity contribution in [3.63, 3.8) is 0 Å². The number of rotatable bonds is 6. The summed E-state index contributed by atoms with van der Waals surface area (Å²) in [6, 6.07) is 8.49. The number of ether oxygens (including phenoxy) is 1. The van der Waals surface area contributed by atoms with Crippen LogP contribution in [0.4, 0.5) is 0 Å². The number of nitrogens with zero attached hydrogens (tertiary/aromatic N) is 4. The fraction of sp³-hybridized carbons (Fsp3) is 0.435. The maximum atomic E-state index is 13.3. The summed E-state index contributed by atoms with van der Waals surface area (Å²) in [5.41, 5.74) is 2.78. The van der Waals surface area contributed by atoms with Gasteiger partial charge in [-0.1, -0.05) is 29.8 Å². The summed E-state index contributed by atoms with van der Waals surface area (Å²) in [6.45, 7) is 8.20. The van der Waals surface area contributed by atoms with E-state index in [0.29, 0.717) is 37.6 Å². The van der Waals surface area contributed by atoms with Crippen LogP contribution in [0.3, 0.4) is 0 Å². The normalized spacial score (nSPS) is 15.0. The van der Waals surface area contributed by atoms with Crippen LogP contribution in [0.2, 0.25) is 0 Å². The average molecular weight is 425 g/mol. The molecule has 0 aliphatic carbocycles. The zero-order valence-electron chi connectivity index (χ0n) is 18.3. The van der Waals surface area contributed by atoms with Crippen molar-refractivity contribution in [3.8, 4) is 0 Å². The van der Waals surface area contributed by atoms with Crippen LogP contribution in [0, 0.1) is 13.8 Å². The third-order valence-corrected chi connectivity index (χ3v) is 5.75. The lowest BCUT2D eigenvalue weighted by Gasteiger charge is -2.34. The molecule has 0 N–H and O–H groups in total. The number of furan rings is 1. The molecule has 1 saturated heterocycles. The highest BCUT2D eigenvalue weighted by atomic mass is 16.5. The lowest BCUT2D eigenvalue weighted by atomic mass is 10.1. The zero-order valence-corrected chi connectivity index (χ0v) is 18.3. The molecule has 164 valence electrons. The van der Waals surface area contributed by atoms with E-state index in [2.05, 4.69) is 41.1 Å². The second-order valence-electron chi connectivity index (χ2n) is 8.01. The van der Waals surface area contributed by atoms with E-state index in [1.165, 1.54) is 22.0 Å². The summed E-state index contributed by atoms with van der Waals surface area (Å²) in [5, 5.41) is 0.253. The second kappa shape index (κ2) is 9.03. The van der Waals surface area contributed by atoms with E-state index in [1.807, 2.05) is 0 Å². The highest BCUT2D eigenvalue weighted by Crippen LogP contribution is 2.23. The van der Waals surface area contributed by atoms with Gasteiger partial charge in [-0.05, 0) is 19.4 Å². The van der Waals surface area contributed by atoms with Gasteiger partial charge >= 0.3 is 0 Å². The number of aryl methyl sites for hydroxylation is 2. The lowest BCUT2D eigenvalue weighted by Crippen LogP contribution is -2.48. The standard InChI is InChI=1S/C23H28N4O4/c1-16-5-4-6-18(13-16)14-25-7-9-26(10-8-25)22(28)19-17(2)31-21-20(19)23(29)27(15-24-21)11-12-30-3/h4-6,13,15H,7-12,14H2,1-3H3. The lowest BCUT2D eigenvalue weighted by molar-refractivity contribution is 0.0628. The SMILES string of the molecule is COCCn1cnc2oc(C)c(C(=O)N3CCN(Cc4cccc(C)c4)CC3)c2c1=O. The van der Waals surface area contributed by atoms with Gasteiger partial charge in [-0.15, -0.1) is 0 Å². The van der Waals surface area contributed by atoms with Crippen molar-refractivity contribution in [3.05, 3.63) is 63.4 Å². The van der Waals surface area contributed by atoms with Crippen LogP contribution < -0.4 is 5.56 Å². The van der Waals surface area contributed by atoms with Gasteiger partial charge < -0.3 is 14.1 Å². The summed E-state index contributed by atoms with van der Waals surface area (Å²) in [5.74, 6) is 0.256. The second-order valence-corrected chi connectivity index (χ2v) is 8.01. The summed E-state index contributed by atoms with van der Waals surface area (Å²) < 4.78 is 12.2. The Morgan fingerprint density at radius 3 is 2.68 bits per heavy atom. The molecule has 2 aromatic heterocycles. The third-order valence-electron chi connectivity index (χ3n) is 5.75. The Morgan fingerprint density at radius 1 is 1.19 bits per heavy atom. The molecular formula is C23H28N4O4. The van der Waals surface area contributed by atoms with Crippen molar-refractivity contribution in [1.82, 2.24) is 19.4 Å². The average Bonchev–Trinajstić information content (AvgIpc) is 3.10. The molecule has 0 radical (unpaired) electrons. The van der Waals surface area contributed by atoms with Crippen molar-refractivity contribution in [2.24, 2.45) is 0 Å². The Balaban J connectivity index is 1.51. The molecule has 1 aliphatic heterocycles. The number of methoxy groups -OCH3 is 1. The van der Waals surface area contributed by atoms with Gasteiger partial charge in [-0.25, -0.2) is 4.98 Å². The Morgan fingerprint density at radius 2 is 1.97 bits per heavy atom. The summed E-state index contributed by atoms with van der Waals surface area (Å²) in [6.07, 6.45) is 1.44. The molecule has 1 aromatic carbocycles. The summed E-state index contributed by atoms with van der Waals surface area (Å²) in [4.78, 5) is 34.7. The first kappa shape index (κ1) is 21.3. The number of carbonyl (C=O) groups excluding carboxylic acids is 1. The van der Waals surface area contributed by atoms with E-state index in [4.69, 9.17) is 9.15 Å². The van der Waals surface area contributed by atoms with Gasteiger partial charge in [0.1, 0.15) is 17.5 Å². The minimum absolute atomic E-state index is 0.171. The highest BCUT2D eigenvalue weighted by Gasteiger charge is 2.29. The van der Waals surface area contributed by atoms with Crippen LogP contribution in [0.25, 0.3) is 11.1 Å². The molecule has 1 fully saturated rings. The van der Waals surface area contributed by atoms with Gasteiger partial charge in [0.05, 0.1) is 18.7 Å². The minimum atomic E-state index is -0.277. The molecule has 0 atom stereocenters. The van der Waals surface area contributed by atoms with Gasteiger partial charge in [-0.3, -0.25) is 19.1 Å². The summed E-state index contributed by atoms with van der Waals surface area (Å²) in [7, 11) is 1.58. The molecule has 0 bridgehead atoms. The first-order valence-electron chi connectivity index (χ1n) is 10.5. The van der Waals surface area contributed by atoms with Crippen molar-refractivity contribution in [1.29, 1.82) is 0 Å². The molecule has 0 unspecified atom stereocenters. The number of benzene rings is 1. The van der Waals surface area contributed by atoms with Crippen molar-refractivity contribution < 1.29 is 13.9 Å². The Hall–Kier alpha value is -2.97. The molecule has 4 rings (SSSR count). The van der Waals surface area contributed by atoms with Crippen LogP contribution in [0.15, 0.2) is 39.8 Å². The third kappa shape index (κ3) is 4.40. The topological polar surface area (TPSA) is 80.8 Å². The van der Waals surface area contributed by atoms with E-state index in [0.717, 1.165) is 19.6 Å². The number of hydrogen-bond donors (Lipinski definition) is 0. The van der Waals surface area contributed by atoms with Crippen molar-refractivity contribution in [2.45, 2.75) is 26.9 Å². The van der Waals surface area contributed by atoms with Crippen LogP contribution in [0.5, 0.6) is 0 Å². The monoisotopic (exact) mass is 424 g/mol. The van der Waals surface area contributed by atoms with Crippen LogP contribution >= 0.6 is 0 Å². The number of hydrogen-bond acceptors (Lipinski definition) is 6. The Labute approximate surface area is 181 Å². The van der Waals surface area contributed by atoms with Crippen molar-refractivity contribution >= 4 is 17.0 Å². The molecule has 3 aromatic rings. The van der Waals surface area contributed by atoms with Gasteiger partial charge in [0.15, 0.2) is 0 Å². The molecule has 0 saturated carbocycles. The van der Waals surface area contributed by atoms with Gasteiger partial charge in [-0.2, -0.15) is 0 Å². The van der Waals surface area contributed by atoms with Gasteiger partial charge in [0.25, 0.3) is 11.5 Å². The molecule has 8 nitrogen and oxygen atoms in total. The number of carbonyl (C=O) groups is 1. The molecule has 1 amide bonds. The van der Waals surface area contributed by atoms with Crippen molar-refractivity contribution in [2.75, 3.05) is 39.9 Å². The number of fused-ring (bicyclic) bond motifs is 1. The Kier molecular flexibility index (Phi) is 6.20. The molecule has 3 heterocycles. The molecular weight excluding hydrogens is 396 g/mol. The van der Waals surface area contributed by atoms with E-state index in [9.17, 15) is 9.59 Å². The molecule has 1 aliphatic rings. The first-order chi connectivity index (χ1) is 15.0. The number of piperazine rings is 1. The predicted molar refractivity (Wildman–Crippen MR) is 117 cm³/mol. The largest absolute Gasteiger partial charge is 0.442 e. The first-order valence-corrected chi connectivity index (χ1v) is 10.5. The van der Waals surface area contributed by atoms with Gasteiger partial charge in [0.2, 0.25) is 5.71 Å². The Bertz CT molecular complexity index is 1140. The highest BCUT2D eigenvalue weighted by molar-refractivity contribution is 6.06. The maximum absolute atomic E-state index is 13.3. The van der Waals surface area contributed by atoms with E-state index in [-0.39, 0.29) is 22.6 Å². The fourth-order valence-corrected chi connectivity index (χ4v) is 4.08. The number of aromatic nitrogens is 2. The molecule has 8 heteroatoms. The van der Waals surface area contributed by atoms with E-state index < -0.39 is 0 Å². The molecule has 0 spiro atoms. The van der Waals surface area contributed by atoms with E-state index in [1.54, 1.807) is 18.9 Å². The van der Waals surface area contributed by atoms with Crippen LogP contribution in [0.1, 0.15) is 27.2 Å². The number of amides is 1. The summed E-state index contributed by atoms with van der Waals surface area (Å²) >= 11 is 0. The smallest absolute Gasteiger partial charge is 0.265 e. The predicted octanol–water partition coefficient (Wildman–Crippen LogP) is 2.21. The van der Waals surface area contributed by atoms with E-state index >= 15 is 0 Å². The zero-order chi connectivity index (χ0) is 22.0. The van der Waals surface area contributed by atoms with Gasteiger partial charge in [0, 0.05) is 39.8 Å². The molecule has 31 heavy (non-hydrogen) atoms. The minimum Gasteiger partial charge on any atom is -0.442 e. The van der Waals surface area contributed by atoms with Crippen LogP contribution in [-0.4, -0.2) is 65.2 Å². The maximum Gasteiger partial charge on any atom is 0.265 e. The fourth-order valence-electron chi connectivity index (χ4n) is 4.08.